The molecule has 1 saturated carbocycles. The molecule has 0 aromatic rings. The molecule has 1 aliphatic rings. The normalized spacial score (nSPS) is 15.2. The maximum absolute atomic E-state index is 11.7. The van der Waals surface area contributed by atoms with Crippen LogP contribution in [0.3, 0.4) is 0 Å². The van der Waals surface area contributed by atoms with E-state index in [1.54, 1.807) is 0 Å². The first kappa shape index (κ1) is 14.7. The topological polar surface area (TPSA) is 116 Å². The fourth-order valence-corrected chi connectivity index (χ4v) is 1.88. The van der Waals surface area contributed by atoms with Gasteiger partial charge in [-0.3, -0.25) is 4.79 Å². The lowest BCUT2D eigenvalue weighted by atomic mass is 10.5. The highest BCUT2D eigenvalue weighted by Crippen LogP contribution is 2.26. The second-order valence-corrected chi connectivity index (χ2v) is 5.98. The number of aliphatic carboxylic acids is 1. The van der Waals surface area contributed by atoms with Crippen LogP contribution in [-0.4, -0.2) is 62.4 Å². The lowest BCUT2D eigenvalue weighted by molar-refractivity contribution is -0.137. The Morgan fingerprint density at radius 1 is 1.33 bits per heavy atom. The Hall–Kier alpha value is -1.35. The molecule has 9 heteroatoms. The van der Waals surface area contributed by atoms with Crippen molar-refractivity contribution in [3.05, 3.63) is 0 Å². The van der Waals surface area contributed by atoms with Crippen LogP contribution in [0.4, 0.5) is 4.79 Å². The smallest absolute Gasteiger partial charge is 0.323 e. The van der Waals surface area contributed by atoms with Gasteiger partial charge in [0.2, 0.25) is 10.0 Å². The lowest BCUT2D eigenvalue weighted by Crippen LogP contribution is -2.46. The van der Waals surface area contributed by atoms with Crippen LogP contribution in [0.1, 0.15) is 12.8 Å². The molecule has 1 aliphatic carbocycles. The standard InChI is InChI=1S/C9H17N3O5S/c1-18(16,17)11-5-4-10-9(15)12(6-8(13)14)7-2-3-7/h7,11H,2-6H2,1H3,(H,10,15)(H,13,14). The third-order valence-electron chi connectivity index (χ3n) is 2.32. The van der Waals surface area contributed by atoms with Crippen LogP contribution in [0.15, 0.2) is 0 Å². The minimum Gasteiger partial charge on any atom is -0.480 e. The Morgan fingerprint density at radius 3 is 2.39 bits per heavy atom. The van der Waals surface area contributed by atoms with Crippen LogP contribution in [0.5, 0.6) is 0 Å². The van der Waals surface area contributed by atoms with Crippen molar-refractivity contribution in [2.24, 2.45) is 0 Å². The van der Waals surface area contributed by atoms with Gasteiger partial charge in [-0.1, -0.05) is 0 Å². The van der Waals surface area contributed by atoms with E-state index < -0.39 is 22.0 Å². The van der Waals surface area contributed by atoms with Gasteiger partial charge in [-0.05, 0) is 12.8 Å². The predicted molar refractivity (Wildman–Crippen MR) is 63.6 cm³/mol. The van der Waals surface area contributed by atoms with Gasteiger partial charge in [-0.25, -0.2) is 17.9 Å². The van der Waals surface area contributed by atoms with E-state index in [4.69, 9.17) is 5.11 Å². The number of sulfonamides is 1. The molecule has 0 bridgehead atoms. The number of carboxylic acid groups (broad SMARTS) is 1. The zero-order valence-electron chi connectivity index (χ0n) is 10.0. The minimum absolute atomic E-state index is 0.0102. The fraction of sp³-hybridized carbons (Fsp3) is 0.778. The highest BCUT2D eigenvalue weighted by Gasteiger charge is 2.33. The van der Waals surface area contributed by atoms with Crippen molar-refractivity contribution in [3.8, 4) is 0 Å². The van der Waals surface area contributed by atoms with Crippen LogP contribution in [-0.2, 0) is 14.8 Å². The zero-order valence-corrected chi connectivity index (χ0v) is 10.9. The summed E-state index contributed by atoms with van der Waals surface area (Å²) in [6.45, 7) is -0.138. The molecule has 3 N–H and O–H groups in total. The van der Waals surface area contributed by atoms with Crippen molar-refractivity contribution >= 4 is 22.0 Å². The zero-order chi connectivity index (χ0) is 13.8. The molecule has 1 rings (SSSR count). The summed E-state index contributed by atoms with van der Waals surface area (Å²) in [5.74, 6) is -1.06. The highest BCUT2D eigenvalue weighted by atomic mass is 32.2. The third kappa shape index (κ3) is 5.82. The van der Waals surface area contributed by atoms with Gasteiger partial charge >= 0.3 is 12.0 Å². The molecule has 0 heterocycles. The number of urea groups is 1. The summed E-state index contributed by atoms with van der Waals surface area (Å²) in [7, 11) is -3.27. The number of carboxylic acids is 1. The van der Waals surface area contributed by atoms with Gasteiger partial charge in [0, 0.05) is 19.1 Å². The summed E-state index contributed by atoms with van der Waals surface area (Å²) in [6.07, 6.45) is 2.64. The largest absolute Gasteiger partial charge is 0.480 e. The van der Waals surface area contributed by atoms with Gasteiger partial charge in [0.1, 0.15) is 6.54 Å². The molecule has 0 aromatic carbocycles. The van der Waals surface area contributed by atoms with E-state index >= 15 is 0 Å². The van der Waals surface area contributed by atoms with Crippen molar-refractivity contribution < 1.29 is 23.1 Å². The first-order valence-corrected chi connectivity index (χ1v) is 7.39. The minimum atomic E-state index is -3.27. The van der Waals surface area contributed by atoms with E-state index in [-0.39, 0.29) is 25.7 Å². The first-order valence-electron chi connectivity index (χ1n) is 5.50. The Bertz CT molecular complexity index is 418. The van der Waals surface area contributed by atoms with Gasteiger partial charge in [0.15, 0.2) is 0 Å². The first-order chi connectivity index (χ1) is 8.29. The lowest BCUT2D eigenvalue weighted by Gasteiger charge is -2.20. The monoisotopic (exact) mass is 279 g/mol. The molecular weight excluding hydrogens is 262 g/mol. The average molecular weight is 279 g/mol. The molecule has 0 aromatic heterocycles. The molecule has 18 heavy (non-hydrogen) atoms. The Balaban J connectivity index is 2.31. The number of carbonyl (C=O) groups excluding carboxylic acids is 1. The van der Waals surface area contributed by atoms with Gasteiger partial charge < -0.3 is 15.3 Å². The number of nitrogens with one attached hydrogen (secondary N) is 2. The summed E-state index contributed by atoms with van der Waals surface area (Å²) in [6, 6.07) is -0.487. The number of hydrogen-bond acceptors (Lipinski definition) is 4. The van der Waals surface area contributed by atoms with Gasteiger partial charge in [-0.2, -0.15) is 0 Å². The van der Waals surface area contributed by atoms with E-state index in [0.717, 1.165) is 19.1 Å². The number of hydrogen-bond donors (Lipinski definition) is 3. The highest BCUT2D eigenvalue weighted by molar-refractivity contribution is 7.88. The average Bonchev–Trinajstić information content (AvgIpc) is 3.02. The molecule has 0 saturated heterocycles. The van der Waals surface area contributed by atoms with E-state index in [2.05, 4.69) is 10.0 Å². The fourth-order valence-electron chi connectivity index (χ4n) is 1.41. The van der Waals surface area contributed by atoms with Crippen LogP contribution < -0.4 is 10.0 Å². The quantitative estimate of drug-likeness (QED) is 0.506. The van der Waals surface area contributed by atoms with Crippen LogP contribution in [0.2, 0.25) is 0 Å². The van der Waals surface area contributed by atoms with Gasteiger partial charge in [0.25, 0.3) is 0 Å². The Labute approximate surface area is 105 Å². The summed E-state index contributed by atoms with van der Waals surface area (Å²) in [5, 5.41) is 11.2. The predicted octanol–water partition coefficient (Wildman–Crippen LogP) is -1.21. The molecule has 0 radical (unpaired) electrons. The maximum Gasteiger partial charge on any atom is 0.323 e. The van der Waals surface area contributed by atoms with E-state index in [0.29, 0.717) is 0 Å². The van der Waals surface area contributed by atoms with E-state index in [1.807, 2.05) is 0 Å². The molecule has 0 atom stereocenters. The Morgan fingerprint density at radius 2 is 1.94 bits per heavy atom. The van der Waals surface area contributed by atoms with Gasteiger partial charge in [-0.15, -0.1) is 0 Å². The van der Waals surface area contributed by atoms with Gasteiger partial charge in [0.05, 0.1) is 6.26 Å². The molecule has 0 aliphatic heterocycles. The van der Waals surface area contributed by atoms with Crippen molar-refractivity contribution in [3.63, 3.8) is 0 Å². The second-order valence-electron chi connectivity index (χ2n) is 4.15. The Kier molecular flexibility index (Phi) is 4.91. The van der Waals surface area contributed by atoms with Crippen LogP contribution >= 0.6 is 0 Å². The number of carbonyl (C=O) groups is 2. The van der Waals surface area contributed by atoms with E-state index in [9.17, 15) is 18.0 Å². The van der Waals surface area contributed by atoms with Crippen molar-refractivity contribution in [1.29, 1.82) is 0 Å². The van der Waals surface area contributed by atoms with E-state index in [1.165, 1.54) is 4.90 Å². The third-order valence-corrected chi connectivity index (χ3v) is 3.05. The molecule has 104 valence electrons. The summed E-state index contributed by atoms with van der Waals surface area (Å²) in [5.41, 5.74) is 0. The van der Waals surface area contributed by atoms with Crippen LogP contribution in [0, 0.1) is 0 Å². The second kappa shape index (κ2) is 6.01. The molecule has 2 amide bonds. The molecule has 8 nitrogen and oxygen atoms in total. The summed E-state index contributed by atoms with van der Waals surface area (Å²) >= 11 is 0. The SMILES string of the molecule is CS(=O)(=O)NCCNC(=O)N(CC(=O)O)C1CC1. The summed E-state index contributed by atoms with van der Waals surface area (Å²) < 4.78 is 23.7. The molecular formula is C9H17N3O5S. The number of rotatable bonds is 7. The van der Waals surface area contributed by atoms with Crippen molar-refractivity contribution in [2.45, 2.75) is 18.9 Å². The number of amides is 2. The van der Waals surface area contributed by atoms with Crippen molar-refractivity contribution in [1.82, 2.24) is 14.9 Å². The molecule has 0 unspecified atom stereocenters. The maximum atomic E-state index is 11.7. The molecule has 0 spiro atoms. The van der Waals surface area contributed by atoms with Crippen molar-refractivity contribution in [2.75, 3.05) is 25.9 Å². The van der Waals surface area contributed by atoms with Crippen LogP contribution in [0.25, 0.3) is 0 Å². The molecule has 1 fully saturated rings. The summed E-state index contributed by atoms with van der Waals surface area (Å²) in [4.78, 5) is 23.5. The number of nitrogens with zero attached hydrogens (tertiary/aromatic N) is 1.